The summed E-state index contributed by atoms with van der Waals surface area (Å²) in [6.45, 7) is 4.30. The zero-order valence-corrected chi connectivity index (χ0v) is 25.5. The molecule has 2 unspecified atom stereocenters. The largest absolute Gasteiger partial charge is 1.00 e. The fourth-order valence-corrected chi connectivity index (χ4v) is 5.12. The maximum Gasteiger partial charge on any atom is 1.00 e. The molecule has 10 nitrogen and oxygen atoms in total. The molecule has 0 heterocycles. The van der Waals surface area contributed by atoms with Crippen LogP contribution in [0.2, 0.25) is 0 Å². The van der Waals surface area contributed by atoms with E-state index in [1.54, 1.807) is 0 Å². The third kappa shape index (κ3) is 27.5. The van der Waals surface area contributed by atoms with Crippen LogP contribution in [0.1, 0.15) is 129 Å². The third-order valence-electron chi connectivity index (χ3n) is 5.88. The predicted octanol–water partition coefficient (Wildman–Crippen LogP) is -2.94. The van der Waals surface area contributed by atoms with Gasteiger partial charge in [-0.25, -0.2) is 0 Å². The van der Waals surface area contributed by atoms with Crippen molar-refractivity contribution in [3.63, 3.8) is 0 Å². The van der Waals surface area contributed by atoms with Crippen LogP contribution >= 0.6 is 0 Å². The van der Waals surface area contributed by atoms with E-state index in [4.69, 9.17) is 9.11 Å². The Labute approximate surface area is 254 Å². The van der Waals surface area contributed by atoms with E-state index in [2.05, 4.69) is 13.8 Å². The fraction of sp³-hybridized carbons (Fsp3) is 0.917. The second-order valence-corrected chi connectivity index (χ2v) is 12.4. The second-order valence-electron chi connectivity index (χ2n) is 9.17. The van der Waals surface area contributed by atoms with Gasteiger partial charge >= 0.3 is 37.7 Å². The first-order valence-corrected chi connectivity index (χ1v) is 16.1. The van der Waals surface area contributed by atoms with Crippen LogP contribution < -0.4 is 47.9 Å². The summed E-state index contributed by atoms with van der Waals surface area (Å²) in [6, 6.07) is 0. The topological polar surface area (TPSA) is 189 Å². The zero-order valence-electron chi connectivity index (χ0n) is 23.9. The van der Waals surface area contributed by atoms with Gasteiger partial charge in [0.25, 0.3) is 20.2 Å². The first kappa shape index (κ1) is 45.0. The van der Waals surface area contributed by atoms with Crippen LogP contribution in [-0.2, 0) is 29.8 Å². The molecule has 14 heteroatoms. The molecule has 0 amide bonds. The monoisotopic (exact) mass is 572 g/mol. The van der Waals surface area contributed by atoms with E-state index in [0.717, 1.165) is 51.4 Å². The Kier molecular flexibility index (Phi) is 32.1. The maximum atomic E-state index is 10.7. The minimum atomic E-state index is -4.53. The molecule has 0 fully saturated rings. The first-order valence-electron chi connectivity index (χ1n) is 13.1. The number of hydrogen-bond donors (Lipinski definition) is 2. The number of carboxylic acid groups (broad SMARTS) is 2. The molecule has 0 saturated heterocycles. The van der Waals surface area contributed by atoms with Crippen molar-refractivity contribution >= 4 is 32.2 Å². The summed E-state index contributed by atoms with van der Waals surface area (Å²) in [6.07, 6.45) is 16.1. The molecule has 0 rings (SSSR count). The van der Waals surface area contributed by atoms with E-state index < -0.39 is 42.7 Å². The molecule has 0 radical (unpaired) electrons. The van der Waals surface area contributed by atoms with E-state index in [-0.39, 0.29) is 50.6 Å². The Morgan fingerprint density at radius 3 is 0.921 bits per heavy atom. The Balaban J connectivity index is -0.000000289. The van der Waals surface area contributed by atoms with Crippen molar-refractivity contribution < 1.29 is 83.5 Å². The van der Waals surface area contributed by atoms with E-state index in [0.29, 0.717) is 12.8 Å². The van der Waals surface area contributed by atoms with Crippen molar-refractivity contribution in [1.82, 2.24) is 0 Å². The van der Waals surface area contributed by atoms with E-state index in [9.17, 15) is 36.6 Å². The van der Waals surface area contributed by atoms with Crippen LogP contribution in [0.3, 0.4) is 0 Å². The SMILES string of the molecule is CCCCCCCCCCC(C(=O)[O-])S(=O)(=O)O.CCCCCCCCCCC(C(=O)[O-])S(=O)(=O)O.[Li+].[Li+]. The molecule has 0 aromatic carbocycles. The van der Waals surface area contributed by atoms with Crippen LogP contribution in [0.4, 0.5) is 0 Å². The van der Waals surface area contributed by atoms with Crippen molar-refractivity contribution in [2.45, 2.75) is 140 Å². The molecule has 38 heavy (non-hydrogen) atoms. The van der Waals surface area contributed by atoms with Crippen molar-refractivity contribution in [2.24, 2.45) is 0 Å². The van der Waals surface area contributed by atoms with E-state index in [1.165, 1.54) is 38.5 Å². The molecular weight excluding hydrogens is 526 g/mol. The molecule has 0 aliphatic rings. The average molecular weight is 573 g/mol. The fourth-order valence-electron chi connectivity index (χ4n) is 3.70. The molecule has 0 bridgehead atoms. The van der Waals surface area contributed by atoms with Crippen LogP contribution in [0, 0.1) is 0 Å². The van der Waals surface area contributed by atoms with Crippen molar-refractivity contribution in [2.75, 3.05) is 0 Å². The van der Waals surface area contributed by atoms with E-state index >= 15 is 0 Å². The molecule has 216 valence electrons. The molecule has 0 aliphatic heterocycles. The van der Waals surface area contributed by atoms with Crippen LogP contribution in [0.25, 0.3) is 0 Å². The zero-order chi connectivity index (χ0) is 28.0. The maximum absolute atomic E-state index is 10.7. The molecule has 0 saturated carbocycles. The van der Waals surface area contributed by atoms with Gasteiger partial charge in [-0.15, -0.1) is 0 Å². The quantitative estimate of drug-likeness (QED) is 0.0771. The molecule has 0 aromatic heterocycles. The summed E-state index contributed by atoms with van der Waals surface area (Å²) in [7, 11) is -9.06. The normalized spacial score (nSPS) is 12.7. The first-order chi connectivity index (χ1) is 16.8. The number of unbranched alkanes of at least 4 members (excludes halogenated alkanes) is 14. The van der Waals surface area contributed by atoms with Crippen LogP contribution in [0.5, 0.6) is 0 Å². The predicted molar refractivity (Wildman–Crippen MR) is 135 cm³/mol. The Bertz CT molecular complexity index is 724. The summed E-state index contributed by atoms with van der Waals surface area (Å²) in [5, 5.41) is 17.5. The van der Waals surface area contributed by atoms with Gasteiger partial charge in [0.2, 0.25) is 0 Å². The van der Waals surface area contributed by atoms with Gasteiger partial charge in [-0.2, -0.15) is 16.8 Å². The molecule has 2 atom stereocenters. The van der Waals surface area contributed by atoms with Gasteiger partial charge in [0.1, 0.15) is 10.5 Å². The third-order valence-corrected chi connectivity index (χ3v) is 8.18. The van der Waals surface area contributed by atoms with Gasteiger partial charge in [-0.05, 0) is 12.8 Å². The standard InChI is InChI=1S/2C12H24O5S.2Li/c2*1-2-3-4-5-6-7-8-9-10-11(12(13)14)18(15,16)17;;/h2*11H,2-10H2,1H3,(H,13,14)(H,15,16,17);;/q;;2*+1/p-2. The van der Waals surface area contributed by atoms with E-state index in [1.807, 2.05) is 0 Å². The van der Waals surface area contributed by atoms with Crippen molar-refractivity contribution in [3.05, 3.63) is 0 Å². The van der Waals surface area contributed by atoms with Gasteiger partial charge < -0.3 is 19.8 Å². The van der Waals surface area contributed by atoms with Gasteiger partial charge in [-0.1, -0.05) is 117 Å². The molecule has 0 aliphatic carbocycles. The summed E-state index contributed by atoms with van der Waals surface area (Å²) in [4.78, 5) is 21.1. The molecule has 0 aromatic rings. The smallest absolute Gasteiger partial charge is 0.549 e. The molecule has 2 N–H and O–H groups in total. The summed E-state index contributed by atoms with van der Waals surface area (Å²) < 4.78 is 60.4. The molecule has 0 spiro atoms. The number of carboxylic acids is 2. The van der Waals surface area contributed by atoms with Gasteiger partial charge in [-0.3, -0.25) is 9.11 Å². The Hall–Kier alpha value is -0.0452. The molecular formula is C24H46Li2O10S2. The van der Waals surface area contributed by atoms with Gasteiger partial charge in [0, 0.05) is 0 Å². The Morgan fingerprint density at radius 2 is 0.737 bits per heavy atom. The minimum Gasteiger partial charge on any atom is -0.549 e. The number of carbonyl (C=O) groups is 2. The Morgan fingerprint density at radius 1 is 0.526 bits per heavy atom. The van der Waals surface area contributed by atoms with Crippen molar-refractivity contribution in [1.29, 1.82) is 0 Å². The minimum absolute atomic E-state index is 0. The number of hydrogen-bond acceptors (Lipinski definition) is 8. The summed E-state index contributed by atoms with van der Waals surface area (Å²) in [5.74, 6) is -3.44. The summed E-state index contributed by atoms with van der Waals surface area (Å²) >= 11 is 0. The second kappa shape index (κ2) is 27.1. The van der Waals surface area contributed by atoms with Crippen LogP contribution in [-0.4, -0.2) is 48.4 Å². The number of carbonyl (C=O) groups excluding carboxylic acids is 2. The summed E-state index contributed by atoms with van der Waals surface area (Å²) in [5.41, 5.74) is 0. The van der Waals surface area contributed by atoms with Crippen LogP contribution in [0.15, 0.2) is 0 Å². The average Bonchev–Trinajstić information content (AvgIpc) is 2.75. The van der Waals surface area contributed by atoms with Gasteiger partial charge in [0.05, 0.1) is 11.9 Å². The number of aliphatic carboxylic acids is 2. The number of rotatable bonds is 22. The van der Waals surface area contributed by atoms with Gasteiger partial charge in [0.15, 0.2) is 0 Å². The van der Waals surface area contributed by atoms with Crippen molar-refractivity contribution in [3.8, 4) is 0 Å².